The molecule has 5 heteroatoms. The normalized spacial score (nSPS) is 16.4. The highest BCUT2D eigenvalue weighted by Crippen LogP contribution is 2.25. The quantitative estimate of drug-likeness (QED) is 0.451. The van der Waals surface area contributed by atoms with Crippen molar-refractivity contribution in [1.82, 2.24) is 0 Å². The molecule has 0 radical (unpaired) electrons. The van der Waals surface area contributed by atoms with Gasteiger partial charge in [0.25, 0.3) is 0 Å². The second-order valence-electron chi connectivity index (χ2n) is 4.72. The number of hydrogen-bond acceptors (Lipinski definition) is 4. The molecule has 1 aromatic rings. The number of carbonyl (C=O) groups is 2. The molecule has 0 atom stereocenters. The van der Waals surface area contributed by atoms with E-state index in [0.29, 0.717) is 11.1 Å². The Bertz CT molecular complexity index is 792. The minimum Gasteiger partial charge on any atom is -0.504 e. The monoisotopic (exact) mass is 310 g/mol. The van der Waals surface area contributed by atoms with E-state index in [4.69, 9.17) is 5.11 Å². The number of ketones is 1. The number of aliphatic carboxylic acids is 1. The summed E-state index contributed by atoms with van der Waals surface area (Å²) < 4.78 is 0. The van der Waals surface area contributed by atoms with Crippen LogP contribution in [0.25, 0.3) is 6.08 Å². The Morgan fingerprint density at radius 2 is 1.78 bits per heavy atom. The van der Waals surface area contributed by atoms with E-state index in [1.165, 1.54) is 24.3 Å². The largest absolute Gasteiger partial charge is 0.504 e. The van der Waals surface area contributed by atoms with Crippen LogP contribution in [0.3, 0.4) is 0 Å². The van der Waals surface area contributed by atoms with Gasteiger partial charge in [0, 0.05) is 0 Å². The molecule has 23 heavy (non-hydrogen) atoms. The SMILES string of the molecule is O=C(O)C1=C/C(=C/C=C/C=C/c2ccc(O)c(O)c2)C=CC1=O. The number of hydrogen-bond donors (Lipinski definition) is 3. The van der Waals surface area contributed by atoms with Crippen molar-refractivity contribution in [3.8, 4) is 11.5 Å². The number of carboxylic acid groups (broad SMARTS) is 1. The van der Waals surface area contributed by atoms with E-state index < -0.39 is 11.8 Å². The standard InChI is InChI=1S/C18H14O5/c19-15-8-6-12(10-14(15)18(22)23)4-2-1-3-5-13-7-9-16(20)17(21)11-13/h1-11,20-21H,(H,22,23)/b2-1+,5-3+,12-4+. The third-order valence-corrected chi connectivity index (χ3v) is 3.03. The van der Waals surface area contributed by atoms with E-state index in [0.717, 1.165) is 0 Å². The van der Waals surface area contributed by atoms with Gasteiger partial charge < -0.3 is 15.3 Å². The summed E-state index contributed by atoms with van der Waals surface area (Å²) in [5, 5.41) is 27.5. The fourth-order valence-corrected chi connectivity index (χ4v) is 1.86. The summed E-state index contributed by atoms with van der Waals surface area (Å²) in [5.41, 5.74) is 1.06. The second kappa shape index (κ2) is 7.09. The van der Waals surface area contributed by atoms with E-state index in [1.807, 2.05) is 0 Å². The first kappa shape index (κ1) is 16.0. The first-order valence-corrected chi connectivity index (χ1v) is 6.72. The average Bonchev–Trinajstić information content (AvgIpc) is 2.51. The van der Waals surface area contributed by atoms with Crippen molar-refractivity contribution in [1.29, 1.82) is 0 Å². The first-order chi connectivity index (χ1) is 11.0. The lowest BCUT2D eigenvalue weighted by atomic mass is 10.0. The summed E-state index contributed by atoms with van der Waals surface area (Å²) in [6, 6.07) is 4.47. The summed E-state index contributed by atoms with van der Waals surface area (Å²) in [7, 11) is 0. The van der Waals surface area contributed by atoms with E-state index in [9.17, 15) is 19.8 Å². The molecule has 3 N–H and O–H groups in total. The lowest BCUT2D eigenvalue weighted by Crippen LogP contribution is -2.12. The number of phenolic OH excluding ortho intramolecular Hbond substituents is 2. The maximum Gasteiger partial charge on any atom is 0.339 e. The molecule has 116 valence electrons. The van der Waals surface area contributed by atoms with Crippen molar-refractivity contribution in [2.75, 3.05) is 0 Å². The molecule has 0 saturated heterocycles. The topological polar surface area (TPSA) is 94.8 Å². The van der Waals surface area contributed by atoms with E-state index >= 15 is 0 Å². The maximum absolute atomic E-state index is 11.3. The zero-order valence-electron chi connectivity index (χ0n) is 12.0. The molecular formula is C18H14O5. The number of carboxylic acids is 1. The van der Waals surface area contributed by atoms with Gasteiger partial charge in [-0.25, -0.2) is 4.79 Å². The highest BCUT2D eigenvalue weighted by molar-refractivity contribution is 6.22. The highest BCUT2D eigenvalue weighted by atomic mass is 16.4. The van der Waals surface area contributed by atoms with E-state index in [2.05, 4.69) is 0 Å². The molecule has 0 fully saturated rings. The molecule has 0 spiro atoms. The highest BCUT2D eigenvalue weighted by Gasteiger charge is 2.17. The second-order valence-corrected chi connectivity index (χ2v) is 4.72. The first-order valence-electron chi connectivity index (χ1n) is 6.72. The molecule has 1 aliphatic carbocycles. The molecule has 2 rings (SSSR count). The Balaban J connectivity index is 2.05. The predicted molar refractivity (Wildman–Crippen MR) is 85.9 cm³/mol. The molecule has 1 aromatic carbocycles. The molecule has 1 aliphatic rings. The molecule has 0 saturated carbocycles. The van der Waals surface area contributed by atoms with Crippen molar-refractivity contribution in [2.24, 2.45) is 0 Å². The molecule has 5 nitrogen and oxygen atoms in total. The van der Waals surface area contributed by atoms with Crippen LogP contribution in [0.15, 0.2) is 71.9 Å². The van der Waals surface area contributed by atoms with Gasteiger partial charge in [-0.2, -0.15) is 0 Å². The smallest absolute Gasteiger partial charge is 0.339 e. The van der Waals surface area contributed by atoms with Crippen molar-refractivity contribution in [3.05, 3.63) is 77.4 Å². The van der Waals surface area contributed by atoms with Gasteiger partial charge in [-0.3, -0.25) is 4.79 Å². The van der Waals surface area contributed by atoms with Gasteiger partial charge in [0.05, 0.1) is 0 Å². The third-order valence-electron chi connectivity index (χ3n) is 3.03. The van der Waals surface area contributed by atoms with Crippen LogP contribution in [0, 0.1) is 0 Å². The van der Waals surface area contributed by atoms with Crippen LogP contribution in [0.4, 0.5) is 0 Å². The van der Waals surface area contributed by atoms with Gasteiger partial charge in [0.1, 0.15) is 5.57 Å². The summed E-state index contributed by atoms with van der Waals surface area (Å²) in [5.74, 6) is -2.14. The van der Waals surface area contributed by atoms with Crippen LogP contribution in [0.1, 0.15) is 5.56 Å². The summed E-state index contributed by atoms with van der Waals surface area (Å²) in [6.07, 6.45) is 12.6. The third kappa shape index (κ3) is 4.31. The van der Waals surface area contributed by atoms with Gasteiger partial charge in [0.15, 0.2) is 17.3 Å². The number of rotatable bonds is 4. The number of aromatic hydroxyl groups is 2. The lowest BCUT2D eigenvalue weighted by Gasteiger charge is -2.03. The van der Waals surface area contributed by atoms with Gasteiger partial charge in [-0.05, 0) is 35.4 Å². The van der Waals surface area contributed by atoms with Crippen LogP contribution in [-0.2, 0) is 9.59 Å². The van der Waals surface area contributed by atoms with Crippen LogP contribution < -0.4 is 0 Å². The Kier molecular flexibility index (Phi) is 4.94. The van der Waals surface area contributed by atoms with Gasteiger partial charge in [0.2, 0.25) is 0 Å². The number of allylic oxidation sites excluding steroid dienone is 8. The Morgan fingerprint density at radius 1 is 1.00 bits per heavy atom. The number of carbonyl (C=O) groups excluding carboxylic acids is 1. The van der Waals surface area contributed by atoms with E-state index in [-0.39, 0.29) is 17.1 Å². The minimum absolute atomic E-state index is 0.179. The number of benzene rings is 1. The minimum atomic E-state index is -1.25. The maximum atomic E-state index is 11.3. The zero-order chi connectivity index (χ0) is 16.8. The summed E-state index contributed by atoms with van der Waals surface area (Å²) >= 11 is 0. The van der Waals surface area contributed by atoms with Gasteiger partial charge in [-0.15, -0.1) is 0 Å². The van der Waals surface area contributed by atoms with E-state index in [1.54, 1.807) is 42.5 Å². The Hall–Kier alpha value is -3.34. The van der Waals surface area contributed by atoms with Crippen molar-refractivity contribution in [3.63, 3.8) is 0 Å². The summed E-state index contributed by atoms with van der Waals surface area (Å²) in [4.78, 5) is 22.2. The Morgan fingerprint density at radius 3 is 2.48 bits per heavy atom. The van der Waals surface area contributed by atoms with Crippen LogP contribution in [0.2, 0.25) is 0 Å². The molecule has 0 heterocycles. The molecule has 0 aliphatic heterocycles. The molecule has 0 unspecified atom stereocenters. The molecule has 0 bridgehead atoms. The Labute approximate surface area is 132 Å². The lowest BCUT2D eigenvalue weighted by molar-refractivity contribution is -0.134. The molecule has 0 amide bonds. The van der Waals surface area contributed by atoms with Gasteiger partial charge in [-0.1, -0.05) is 42.5 Å². The predicted octanol–water partition coefficient (Wildman–Crippen LogP) is 2.74. The fourth-order valence-electron chi connectivity index (χ4n) is 1.86. The van der Waals surface area contributed by atoms with Gasteiger partial charge >= 0.3 is 5.97 Å². The fraction of sp³-hybridized carbons (Fsp3) is 0. The van der Waals surface area contributed by atoms with Crippen LogP contribution >= 0.6 is 0 Å². The van der Waals surface area contributed by atoms with Crippen molar-refractivity contribution >= 4 is 17.8 Å². The average molecular weight is 310 g/mol. The molecular weight excluding hydrogens is 296 g/mol. The van der Waals surface area contributed by atoms with Crippen molar-refractivity contribution < 1.29 is 24.9 Å². The zero-order valence-corrected chi connectivity index (χ0v) is 12.0. The summed E-state index contributed by atoms with van der Waals surface area (Å²) in [6.45, 7) is 0. The molecule has 0 aromatic heterocycles. The van der Waals surface area contributed by atoms with Crippen molar-refractivity contribution in [2.45, 2.75) is 0 Å². The van der Waals surface area contributed by atoms with Crippen LogP contribution in [0.5, 0.6) is 11.5 Å². The van der Waals surface area contributed by atoms with Crippen LogP contribution in [-0.4, -0.2) is 27.1 Å². The number of phenols is 2.